The summed E-state index contributed by atoms with van der Waals surface area (Å²) >= 11 is 4.25. The molecule has 0 saturated heterocycles. The van der Waals surface area contributed by atoms with Gasteiger partial charge in [0, 0.05) is 5.38 Å². The first kappa shape index (κ1) is 10.5. The van der Waals surface area contributed by atoms with Crippen LogP contribution < -0.4 is 0 Å². The summed E-state index contributed by atoms with van der Waals surface area (Å²) in [4.78, 5) is 14.6. The number of hydrogen-bond donors (Lipinski definition) is 1. The average molecular weight is 259 g/mol. The first-order valence-corrected chi connectivity index (χ1v) is 6.42. The van der Waals surface area contributed by atoms with Gasteiger partial charge in [-0.15, -0.1) is 21.5 Å². The number of carboxylic acids is 1. The van der Waals surface area contributed by atoms with Gasteiger partial charge in [0.05, 0.1) is 12.1 Å². The Morgan fingerprint density at radius 1 is 1.47 bits per heavy atom. The maximum absolute atomic E-state index is 10.4. The Labute approximate surface area is 97.2 Å². The van der Waals surface area contributed by atoms with Gasteiger partial charge in [-0.3, -0.25) is 4.79 Å². The molecule has 1 N–H and O–H groups in total. The van der Waals surface area contributed by atoms with Crippen molar-refractivity contribution in [3.63, 3.8) is 0 Å². The highest BCUT2D eigenvalue weighted by Crippen LogP contribution is 2.30. The van der Waals surface area contributed by atoms with Crippen molar-refractivity contribution in [2.45, 2.75) is 15.1 Å². The second-order valence-corrected chi connectivity index (χ2v) is 5.67. The SMILES string of the molecule is O=C(O)Cc1csc(Sc2nncs2)n1. The van der Waals surface area contributed by atoms with E-state index in [1.54, 1.807) is 10.9 Å². The number of thiazole rings is 1. The molecule has 0 spiro atoms. The Bertz CT molecular complexity index is 454. The molecule has 0 aliphatic heterocycles. The molecule has 5 nitrogen and oxygen atoms in total. The Morgan fingerprint density at radius 2 is 2.33 bits per heavy atom. The van der Waals surface area contributed by atoms with Crippen LogP contribution in [-0.2, 0) is 11.2 Å². The van der Waals surface area contributed by atoms with Crippen LogP contribution in [0.2, 0.25) is 0 Å². The summed E-state index contributed by atoms with van der Waals surface area (Å²) in [5.74, 6) is -0.868. The third-order valence-corrected chi connectivity index (χ3v) is 4.14. The minimum atomic E-state index is -0.868. The maximum Gasteiger partial charge on any atom is 0.309 e. The minimum Gasteiger partial charge on any atom is -0.481 e. The molecular weight excluding hydrogens is 254 g/mol. The lowest BCUT2D eigenvalue weighted by Crippen LogP contribution is -1.99. The molecule has 0 atom stereocenters. The Kier molecular flexibility index (Phi) is 3.29. The van der Waals surface area contributed by atoms with Crippen molar-refractivity contribution in [3.8, 4) is 0 Å². The molecule has 78 valence electrons. The van der Waals surface area contributed by atoms with Crippen LogP contribution in [0.3, 0.4) is 0 Å². The first-order chi connectivity index (χ1) is 7.24. The zero-order valence-corrected chi connectivity index (χ0v) is 9.73. The normalized spacial score (nSPS) is 10.4. The van der Waals surface area contributed by atoms with Crippen LogP contribution in [0.5, 0.6) is 0 Å². The third kappa shape index (κ3) is 2.98. The van der Waals surface area contributed by atoms with E-state index in [2.05, 4.69) is 15.2 Å². The van der Waals surface area contributed by atoms with Gasteiger partial charge in [-0.2, -0.15) is 0 Å². The van der Waals surface area contributed by atoms with Crippen LogP contribution >= 0.6 is 34.4 Å². The van der Waals surface area contributed by atoms with Gasteiger partial charge in [0.2, 0.25) is 0 Å². The summed E-state index contributed by atoms with van der Waals surface area (Å²) in [6.07, 6.45) is -0.0345. The van der Waals surface area contributed by atoms with Gasteiger partial charge >= 0.3 is 5.97 Å². The predicted octanol–water partition coefficient (Wildman–Crippen LogP) is 1.77. The molecule has 2 heterocycles. The molecule has 8 heteroatoms. The highest BCUT2D eigenvalue weighted by molar-refractivity contribution is 8.02. The first-order valence-electron chi connectivity index (χ1n) is 3.84. The molecule has 2 aromatic rings. The zero-order valence-electron chi connectivity index (χ0n) is 7.28. The molecule has 15 heavy (non-hydrogen) atoms. The molecule has 0 saturated carbocycles. The number of aromatic nitrogens is 3. The van der Waals surface area contributed by atoms with E-state index in [1.807, 2.05) is 0 Å². The predicted molar refractivity (Wildman–Crippen MR) is 57.5 cm³/mol. The van der Waals surface area contributed by atoms with E-state index in [-0.39, 0.29) is 6.42 Å². The van der Waals surface area contributed by atoms with Gasteiger partial charge in [0.1, 0.15) is 5.51 Å². The number of nitrogens with zero attached hydrogens (tertiary/aromatic N) is 3. The minimum absolute atomic E-state index is 0.0345. The van der Waals surface area contributed by atoms with E-state index in [0.717, 1.165) is 8.68 Å². The van der Waals surface area contributed by atoms with Crippen LogP contribution in [0.15, 0.2) is 19.6 Å². The highest BCUT2D eigenvalue weighted by Gasteiger charge is 2.08. The molecule has 2 rings (SSSR count). The molecule has 0 fully saturated rings. The number of rotatable bonds is 4. The van der Waals surface area contributed by atoms with Crippen molar-refractivity contribution in [2.24, 2.45) is 0 Å². The fourth-order valence-corrected chi connectivity index (χ4v) is 3.37. The van der Waals surface area contributed by atoms with Gasteiger partial charge in [-0.05, 0) is 11.8 Å². The van der Waals surface area contributed by atoms with Gasteiger partial charge in [0.15, 0.2) is 8.68 Å². The van der Waals surface area contributed by atoms with Gasteiger partial charge < -0.3 is 5.11 Å². The lowest BCUT2D eigenvalue weighted by Gasteiger charge is -1.88. The van der Waals surface area contributed by atoms with Crippen LogP contribution in [0.25, 0.3) is 0 Å². The molecule has 0 aromatic carbocycles. The summed E-state index contributed by atoms with van der Waals surface area (Å²) in [6, 6.07) is 0. The van der Waals surface area contributed by atoms with E-state index in [1.165, 1.54) is 34.4 Å². The van der Waals surface area contributed by atoms with Gasteiger partial charge in [-0.1, -0.05) is 11.3 Å². The van der Waals surface area contributed by atoms with Crippen LogP contribution in [0.1, 0.15) is 5.69 Å². The monoisotopic (exact) mass is 259 g/mol. The van der Waals surface area contributed by atoms with E-state index in [0.29, 0.717) is 5.69 Å². The number of carboxylic acid groups (broad SMARTS) is 1. The zero-order chi connectivity index (χ0) is 10.7. The largest absolute Gasteiger partial charge is 0.481 e. The van der Waals surface area contributed by atoms with Crippen LogP contribution in [-0.4, -0.2) is 26.3 Å². The molecule has 0 bridgehead atoms. The second kappa shape index (κ2) is 4.69. The van der Waals surface area contributed by atoms with Crippen molar-refractivity contribution in [2.75, 3.05) is 0 Å². The second-order valence-electron chi connectivity index (χ2n) is 2.48. The quantitative estimate of drug-likeness (QED) is 0.901. The van der Waals surface area contributed by atoms with Crippen molar-refractivity contribution in [1.82, 2.24) is 15.2 Å². The molecular formula is C7H5N3O2S3. The van der Waals surface area contributed by atoms with E-state index < -0.39 is 5.97 Å². The lowest BCUT2D eigenvalue weighted by molar-refractivity contribution is -0.136. The fraction of sp³-hybridized carbons (Fsp3) is 0.143. The van der Waals surface area contributed by atoms with Crippen molar-refractivity contribution >= 4 is 40.4 Å². The van der Waals surface area contributed by atoms with Crippen molar-refractivity contribution in [1.29, 1.82) is 0 Å². The van der Waals surface area contributed by atoms with Crippen molar-refractivity contribution < 1.29 is 9.90 Å². The lowest BCUT2D eigenvalue weighted by atomic mass is 10.3. The number of aliphatic carboxylic acids is 1. The highest BCUT2D eigenvalue weighted by atomic mass is 32.2. The Morgan fingerprint density at radius 3 is 3.00 bits per heavy atom. The molecule has 0 aliphatic rings. The third-order valence-electron chi connectivity index (χ3n) is 1.38. The van der Waals surface area contributed by atoms with Gasteiger partial charge in [-0.25, -0.2) is 4.98 Å². The standard InChI is InChI=1S/C7H5N3O2S3/c11-5(12)1-4-2-13-6(9-4)15-7-10-8-3-14-7/h2-3H,1H2,(H,11,12). The van der Waals surface area contributed by atoms with E-state index in [9.17, 15) is 4.79 Å². The van der Waals surface area contributed by atoms with E-state index >= 15 is 0 Å². The topological polar surface area (TPSA) is 76.0 Å². The Balaban J connectivity index is 2.04. The van der Waals surface area contributed by atoms with Crippen LogP contribution in [0, 0.1) is 0 Å². The molecule has 0 unspecified atom stereocenters. The van der Waals surface area contributed by atoms with Gasteiger partial charge in [0.25, 0.3) is 0 Å². The van der Waals surface area contributed by atoms with Crippen LogP contribution in [0.4, 0.5) is 0 Å². The Hall–Kier alpha value is -0.990. The number of carbonyl (C=O) groups is 1. The fourth-order valence-electron chi connectivity index (χ4n) is 0.853. The maximum atomic E-state index is 10.4. The molecule has 0 radical (unpaired) electrons. The summed E-state index contributed by atoms with van der Waals surface area (Å²) in [6.45, 7) is 0. The van der Waals surface area contributed by atoms with E-state index in [4.69, 9.17) is 5.11 Å². The average Bonchev–Trinajstić information content (AvgIpc) is 2.77. The van der Waals surface area contributed by atoms with Crippen molar-refractivity contribution in [3.05, 3.63) is 16.6 Å². The summed E-state index contributed by atoms with van der Waals surface area (Å²) in [5.41, 5.74) is 2.23. The molecule has 0 amide bonds. The summed E-state index contributed by atoms with van der Waals surface area (Å²) in [7, 11) is 0. The molecule has 0 aliphatic carbocycles. The smallest absolute Gasteiger partial charge is 0.309 e. The molecule has 2 aromatic heterocycles. The summed E-state index contributed by atoms with van der Waals surface area (Å²) in [5, 5.41) is 17.9. The summed E-state index contributed by atoms with van der Waals surface area (Å²) < 4.78 is 1.61. The number of hydrogen-bond acceptors (Lipinski definition) is 7.